The van der Waals surface area contributed by atoms with Crippen molar-refractivity contribution in [3.8, 4) is 5.75 Å². The molecule has 1 aromatic heterocycles. The van der Waals surface area contributed by atoms with Crippen LogP contribution < -0.4 is 4.74 Å². The number of hydrogen-bond donors (Lipinski definition) is 0. The van der Waals surface area contributed by atoms with E-state index in [2.05, 4.69) is 0 Å². The average Bonchev–Trinajstić information content (AvgIpc) is 2.80. The molecule has 2 heterocycles. The molecule has 3 aromatic rings. The van der Waals surface area contributed by atoms with Gasteiger partial charge in [0.15, 0.2) is 6.61 Å². The summed E-state index contributed by atoms with van der Waals surface area (Å²) in [4.78, 5) is 19.4. The Bertz CT molecular complexity index is 976. The van der Waals surface area contributed by atoms with Gasteiger partial charge in [-0.25, -0.2) is 4.39 Å². The Kier molecular flexibility index (Phi) is 6.38. The molecule has 30 heavy (non-hydrogen) atoms. The average molecular weight is 404 g/mol. The number of amides is 1. The van der Waals surface area contributed by atoms with Crippen molar-refractivity contribution in [2.75, 3.05) is 19.7 Å². The number of nitrogens with zero attached hydrogens (tertiary/aromatic N) is 2. The monoisotopic (exact) mass is 404 g/mol. The van der Waals surface area contributed by atoms with E-state index in [1.54, 1.807) is 12.1 Å². The maximum Gasteiger partial charge on any atom is 0.260 e. The minimum absolute atomic E-state index is 0.00557. The van der Waals surface area contributed by atoms with E-state index in [0.29, 0.717) is 18.7 Å². The van der Waals surface area contributed by atoms with Crippen LogP contribution in [0.3, 0.4) is 0 Å². The summed E-state index contributed by atoms with van der Waals surface area (Å²) in [6.45, 7) is 1.46. The van der Waals surface area contributed by atoms with Gasteiger partial charge in [-0.3, -0.25) is 9.78 Å². The zero-order valence-electron chi connectivity index (χ0n) is 16.8. The first-order valence-corrected chi connectivity index (χ1v) is 10.3. The summed E-state index contributed by atoms with van der Waals surface area (Å²) in [5, 5.41) is 0. The molecule has 1 atom stereocenters. The molecule has 1 fully saturated rings. The van der Waals surface area contributed by atoms with Crippen LogP contribution in [-0.4, -0.2) is 35.5 Å². The SMILES string of the molecule is O=C(COc1ccccc1)N1CCC[C@H](c2cccc(Cc3ccc(F)cc3)n2)C1. The second kappa shape index (κ2) is 9.53. The van der Waals surface area contributed by atoms with Gasteiger partial charge in [0.1, 0.15) is 11.6 Å². The number of carbonyl (C=O) groups is 1. The first kappa shape index (κ1) is 20.1. The van der Waals surface area contributed by atoms with Gasteiger partial charge in [-0.05, 0) is 54.8 Å². The largest absolute Gasteiger partial charge is 0.484 e. The Morgan fingerprint density at radius 1 is 1.03 bits per heavy atom. The van der Waals surface area contributed by atoms with E-state index in [1.807, 2.05) is 53.4 Å². The zero-order valence-corrected chi connectivity index (χ0v) is 16.8. The fraction of sp³-hybridized carbons (Fsp3) is 0.280. The smallest absolute Gasteiger partial charge is 0.260 e. The third kappa shape index (κ3) is 5.23. The van der Waals surface area contributed by atoms with Gasteiger partial charge in [0.2, 0.25) is 0 Å². The van der Waals surface area contributed by atoms with Crippen LogP contribution in [0.5, 0.6) is 5.75 Å². The van der Waals surface area contributed by atoms with Crippen molar-refractivity contribution in [2.24, 2.45) is 0 Å². The normalized spacial score (nSPS) is 16.3. The molecule has 154 valence electrons. The van der Waals surface area contributed by atoms with Gasteiger partial charge in [-0.2, -0.15) is 0 Å². The number of pyridine rings is 1. The molecule has 1 aliphatic heterocycles. The van der Waals surface area contributed by atoms with Gasteiger partial charge >= 0.3 is 0 Å². The number of hydrogen-bond acceptors (Lipinski definition) is 3. The molecule has 0 bridgehead atoms. The summed E-state index contributed by atoms with van der Waals surface area (Å²) in [6, 6.07) is 22.0. The van der Waals surface area contributed by atoms with Crippen LogP contribution in [0.2, 0.25) is 0 Å². The standard InChI is InChI=1S/C25H25FN2O2/c26-21-13-11-19(12-14-21)16-22-7-4-10-24(27-22)20-6-5-15-28(17-20)25(29)18-30-23-8-2-1-3-9-23/h1-4,7-14,20H,5-6,15-18H2/t20-/m0/s1. The van der Waals surface area contributed by atoms with E-state index < -0.39 is 0 Å². The van der Waals surface area contributed by atoms with Crippen LogP contribution in [0, 0.1) is 5.82 Å². The van der Waals surface area contributed by atoms with Crippen molar-refractivity contribution in [2.45, 2.75) is 25.2 Å². The highest BCUT2D eigenvalue weighted by Crippen LogP contribution is 2.26. The van der Waals surface area contributed by atoms with Gasteiger partial charge in [0, 0.05) is 36.8 Å². The molecule has 1 amide bonds. The third-order valence-corrected chi connectivity index (χ3v) is 5.42. The topological polar surface area (TPSA) is 42.4 Å². The molecule has 4 nitrogen and oxygen atoms in total. The zero-order chi connectivity index (χ0) is 20.8. The van der Waals surface area contributed by atoms with Gasteiger partial charge in [-0.15, -0.1) is 0 Å². The van der Waals surface area contributed by atoms with E-state index in [1.165, 1.54) is 12.1 Å². The molecular weight excluding hydrogens is 379 g/mol. The summed E-state index contributed by atoms with van der Waals surface area (Å²) in [5.41, 5.74) is 2.99. The van der Waals surface area contributed by atoms with E-state index in [0.717, 1.165) is 36.3 Å². The number of likely N-dealkylation sites (tertiary alicyclic amines) is 1. The number of piperidine rings is 1. The van der Waals surface area contributed by atoms with Crippen LogP contribution in [-0.2, 0) is 11.2 Å². The van der Waals surface area contributed by atoms with Crippen molar-refractivity contribution in [1.82, 2.24) is 9.88 Å². The van der Waals surface area contributed by atoms with Crippen molar-refractivity contribution in [3.05, 3.63) is 95.6 Å². The van der Waals surface area contributed by atoms with Gasteiger partial charge in [-0.1, -0.05) is 36.4 Å². The maximum absolute atomic E-state index is 13.1. The lowest BCUT2D eigenvalue weighted by atomic mass is 9.94. The molecule has 4 rings (SSSR count). The Balaban J connectivity index is 1.38. The number of benzene rings is 2. The summed E-state index contributed by atoms with van der Waals surface area (Å²) < 4.78 is 18.8. The maximum atomic E-state index is 13.1. The number of aromatic nitrogens is 1. The first-order valence-electron chi connectivity index (χ1n) is 10.3. The molecule has 0 spiro atoms. The summed E-state index contributed by atoms with van der Waals surface area (Å²) in [7, 11) is 0. The lowest BCUT2D eigenvalue weighted by molar-refractivity contribution is -0.134. The Morgan fingerprint density at radius 2 is 1.83 bits per heavy atom. The molecule has 2 aromatic carbocycles. The number of para-hydroxylation sites is 1. The highest BCUT2D eigenvalue weighted by Gasteiger charge is 2.26. The van der Waals surface area contributed by atoms with E-state index in [4.69, 9.17) is 9.72 Å². The molecule has 0 N–H and O–H groups in total. The quantitative estimate of drug-likeness (QED) is 0.603. The van der Waals surface area contributed by atoms with Crippen LogP contribution >= 0.6 is 0 Å². The second-order valence-electron chi connectivity index (χ2n) is 7.64. The molecule has 1 aliphatic rings. The predicted octanol–water partition coefficient (Wildman–Crippen LogP) is 4.60. The van der Waals surface area contributed by atoms with Crippen molar-refractivity contribution in [1.29, 1.82) is 0 Å². The summed E-state index contributed by atoms with van der Waals surface area (Å²) >= 11 is 0. The summed E-state index contributed by atoms with van der Waals surface area (Å²) in [6.07, 6.45) is 2.62. The highest BCUT2D eigenvalue weighted by molar-refractivity contribution is 5.78. The number of carbonyl (C=O) groups excluding carboxylic acids is 1. The Hall–Kier alpha value is -3.21. The molecule has 1 saturated heterocycles. The fourth-order valence-corrected chi connectivity index (χ4v) is 3.83. The third-order valence-electron chi connectivity index (χ3n) is 5.42. The van der Waals surface area contributed by atoms with Gasteiger partial charge < -0.3 is 9.64 Å². The Labute approximate surface area is 176 Å². The molecule has 5 heteroatoms. The highest BCUT2D eigenvalue weighted by atomic mass is 19.1. The number of ether oxygens (including phenoxy) is 1. The lowest BCUT2D eigenvalue weighted by Gasteiger charge is -2.32. The van der Waals surface area contributed by atoms with Crippen LogP contribution in [0.4, 0.5) is 4.39 Å². The molecule has 0 saturated carbocycles. The number of halogens is 1. The summed E-state index contributed by atoms with van der Waals surface area (Å²) in [5.74, 6) is 0.692. The molecule has 0 radical (unpaired) electrons. The van der Waals surface area contributed by atoms with Crippen LogP contribution in [0.1, 0.15) is 35.7 Å². The van der Waals surface area contributed by atoms with Crippen molar-refractivity contribution < 1.29 is 13.9 Å². The molecular formula is C25H25FN2O2. The minimum Gasteiger partial charge on any atom is -0.484 e. The van der Waals surface area contributed by atoms with Gasteiger partial charge in [0.25, 0.3) is 5.91 Å². The predicted molar refractivity (Wildman–Crippen MR) is 114 cm³/mol. The second-order valence-corrected chi connectivity index (χ2v) is 7.64. The van der Waals surface area contributed by atoms with Crippen LogP contribution in [0.15, 0.2) is 72.8 Å². The van der Waals surface area contributed by atoms with Crippen molar-refractivity contribution in [3.63, 3.8) is 0 Å². The molecule has 0 aliphatic carbocycles. The van der Waals surface area contributed by atoms with Gasteiger partial charge in [0.05, 0.1) is 0 Å². The first-order chi connectivity index (χ1) is 14.7. The number of rotatable bonds is 6. The fourth-order valence-electron chi connectivity index (χ4n) is 3.83. The van der Waals surface area contributed by atoms with Crippen LogP contribution in [0.25, 0.3) is 0 Å². The van der Waals surface area contributed by atoms with E-state index >= 15 is 0 Å². The van der Waals surface area contributed by atoms with E-state index in [-0.39, 0.29) is 24.2 Å². The Morgan fingerprint density at radius 3 is 2.63 bits per heavy atom. The minimum atomic E-state index is -0.233. The molecule has 0 unspecified atom stereocenters. The van der Waals surface area contributed by atoms with E-state index in [9.17, 15) is 9.18 Å². The van der Waals surface area contributed by atoms with Crippen molar-refractivity contribution >= 4 is 5.91 Å². The lowest BCUT2D eigenvalue weighted by Crippen LogP contribution is -2.41.